The lowest BCUT2D eigenvalue weighted by molar-refractivity contribution is -0.133. The molecule has 1 N–H and O–H groups in total. The smallest absolute Gasteiger partial charge is 0.251 e. The van der Waals surface area contributed by atoms with E-state index in [0.717, 1.165) is 38.3 Å². The lowest BCUT2D eigenvalue weighted by Crippen LogP contribution is -2.50. The summed E-state index contributed by atoms with van der Waals surface area (Å²) in [4.78, 5) is 30.0. The largest absolute Gasteiger partial charge is 0.345 e. The van der Waals surface area contributed by atoms with Gasteiger partial charge in [0.15, 0.2) is 0 Å². The van der Waals surface area contributed by atoms with E-state index in [1.54, 1.807) is 12.1 Å². The molecule has 5 nitrogen and oxygen atoms in total. The van der Waals surface area contributed by atoms with Gasteiger partial charge in [0.25, 0.3) is 5.91 Å². The van der Waals surface area contributed by atoms with E-state index in [4.69, 9.17) is 0 Å². The van der Waals surface area contributed by atoms with Crippen LogP contribution in [0, 0.1) is 5.92 Å². The van der Waals surface area contributed by atoms with E-state index in [1.807, 2.05) is 53.4 Å². The second-order valence-electron chi connectivity index (χ2n) is 8.08. The Morgan fingerprint density at radius 2 is 1.48 bits per heavy atom. The minimum atomic E-state index is -0.343. The monoisotopic (exact) mass is 393 g/mol. The molecule has 1 aliphatic heterocycles. The molecule has 0 saturated carbocycles. The van der Waals surface area contributed by atoms with Crippen molar-refractivity contribution in [1.29, 1.82) is 0 Å². The second-order valence-corrected chi connectivity index (χ2v) is 8.08. The molecule has 1 aliphatic rings. The summed E-state index contributed by atoms with van der Waals surface area (Å²) < 4.78 is 0. The Morgan fingerprint density at radius 1 is 0.897 bits per heavy atom. The van der Waals surface area contributed by atoms with E-state index in [9.17, 15) is 9.59 Å². The van der Waals surface area contributed by atoms with Crippen LogP contribution in [0.3, 0.4) is 0 Å². The standard InChI is InChI=1S/C24H31N3O2/c1-19(2)18-26-13-15-27(16-14-26)23(28)17-22(20-9-5-3-6-10-20)25-24(29)21-11-7-4-8-12-21/h3-12,19,22H,13-18H2,1-2H3,(H,25,29). The summed E-state index contributed by atoms with van der Waals surface area (Å²) in [6.07, 6.45) is 0.271. The number of rotatable bonds is 7. The van der Waals surface area contributed by atoms with Gasteiger partial charge in [-0.2, -0.15) is 0 Å². The Labute approximate surface area is 173 Å². The van der Waals surface area contributed by atoms with Gasteiger partial charge in [-0.3, -0.25) is 14.5 Å². The zero-order valence-electron chi connectivity index (χ0n) is 17.4. The topological polar surface area (TPSA) is 52.6 Å². The third-order valence-corrected chi connectivity index (χ3v) is 5.27. The molecule has 2 amide bonds. The van der Waals surface area contributed by atoms with Crippen LogP contribution in [0.15, 0.2) is 60.7 Å². The minimum Gasteiger partial charge on any atom is -0.345 e. The van der Waals surface area contributed by atoms with Crippen molar-refractivity contribution in [2.45, 2.75) is 26.3 Å². The van der Waals surface area contributed by atoms with Gasteiger partial charge in [0.1, 0.15) is 0 Å². The van der Waals surface area contributed by atoms with E-state index in [2.05, 4.69) is 24.1 Å². The van der Waals surface area contributed by atoms with Crippen LogP contribution in [0.1, 0.15) is 42.2 Å². The molecule has 1 unspecified atom stereocenters. The SMILES string of the molecule is CC(C)CN1CCN(C(=O)CC(NC(=O)c2ccccc2)c2ccccc2)CC1. The van der Waals surface area contributed by atoms with Gasteiger partial charge in [0.05, 0.1) is 12.5 Å². The Balaban J connectivity index is 1.64. The number of nitrogens with one attached hydrogen (secondary N) is 1. The first-order chi connectivity index (χ1) is 14.0. The summed E-state index contributed by atoms with van der Waals surface area (Å²) in [6, 6.07) is 18.5. The summed E-state index contributed by atoms with van der Waals surface area (Å²) >= 11 is 0. The fraction of sp³-hybridized carbons (Fsp3) is 0.417. The van der Waals surface area contributed by atoms with E-state index in [-0.39, 0.29) is 24.3 Å². The quantitative estimate of drug-likeness (QED) is 0.785. The van der Waals surface area contributed by atoms with Crippen LogP contribution in [-0.2, 0) is 4.79 Å². The van der Waals surface area contributed by atoms with Gasteiger partial charge >= 0.3 is 0 Å². The molecule has 1 saturated heterocycles. The summed E-state index contributed by atoms with van der Waals surface area (Å²) in [5.41, 5.74) is 1.55. The number of amides is 2. The zero-order valence-corrected chi connectivity index (χ0v) is 17.4. The average molecular weight is 394 g/mol. The first-order valence-corrected chi connectivity index (χ1v) is 10.4. The molecule has 0 aliphatic carbocycles. The molecule has 1 heterocycles. The number of hydrogen-bond acceptors (Lipinski definition) is 3. The number of carbonyl (C=O) groups is 2. The van der Waals surface area contributed by atoms with Crippen molar-refractivity contribution in [1.82, 2.24) is 15.1 Å². The van der Waals surface area contributed by atoms with Gasteiger partial charge in [-0.05, 0) is 23.6 Å². The van der Waals surface area contributed by atoms with E-state index < -0.39 is 0 Å². The Bertz CT molecular complexity index is 784. The molecule has 1 atom stereocenters. The van der Waals surface area contributed by atoms with Crippen LogP contribution in [-0.4, -0.2) is 54.3 Å². The van der Waals surface area contributed by atoms with Gasteiger partial charge in [-0.1, -0.05) is 62.4 Å². The van der Waals surface area contributed by atoms with Crippen molar-refractivity contribution >= 4 is 11.8 Å². The molecule has 0 bridgehead atoms. The molecule has 0 spiro atoms. The Kier molecular flexibility index (Phi) is 7.42. The lowest BCUT2D eigenvalue weighted by Gasteiger charge is -2.36. The first-order valence-electron chi connectivity index (χ1n) is 10.4. The normalized spacial score (nSPS) is 15.9. The van der Waals surface area contributed by atoms with E-state index in [0.29, 0.717) is 11.5 Å². The fourth-order valence-corrected chi connectivity index (χ4v) is 3.77. The van der Waals surface area contributed by atoms with Crippen molar-refractivity contribution in [2.24, 2.45) is 5.92 Å². The molecular formula is C24H31N3O2. The highest BCUT2D eigenvalue weighted by Gasteiger charge is 2.25. The van der Waals surface area contributed by atoms with Gasteiger partial charge in [-0.15, -0.1) is 0 Å². The number of piperazine rings is 1. The second kappa shape index (κ2) is 10.2. The van der Waals surface area contributed by atoms with Crippen LogP contribution < -0.4 is 5.32 Å². The zero-order chi connectivity index (χ0) is 20.6. The molecule has 2 aromatic carbocycles. The lowest BCUT2D eigenvalue weighted by atomic mass is 10.0. The van der Waals surface area contributed by atoms with Crippen LogP contribution >= 0.6 is 0 Å². The van der Waals surface area contributed by atoms with Crippen molar-refractivity contribution in [2.75, 3.05) is 32.7 Å². The van der Waals surface area contributed by atoms with Gasteiger partial charge in [0.2, 0.25) is 5.91 Å². The molecular weight excluding hydrogens is 362 g/mol. The maximum atomic E-state index is 13.0. The van der Waals surface area contributed by atoms with Gasteiger partial charge in [0, 0.05) is 38.3 Å². The van der Waals surface area contributed by atoms with Crippen molar-refractivity contribution in [3.05, 3.63) is 71.8 Å². The Hall–Kier alpha value is -2.66. The summed E-state index contributed by atoms with van der Waals surface area (Å²) in [7, 11) is 0. The predicted octanol–water partition coefficient (Wildman–Crippen LogP) is 3.35. The highest BCUT2D eigenvalue weighted by atomic mass is 16.2. The molecule has 1 fully saturated rings. The molecule has 0 radical (unpaired) electrons. The third-order valence-electron chi connectivity index (χ3n) is 5.27. The molecule has 29 heavy (non-hydrogen) atoms. The van der Waals surface area contributed by atoms with E-state index >= 15 is 0 Å². The highest BCUT2D eigenvalue weighted by molar-refractivity contribution is 5.94. The minimum absolute atomic E-state index is 0.0939. The molecule has 2 aromatic rings. The summed E-state index contributed by atoms with van der Waals surface area (Å²) in [6.45, 7) is 8.84. The van der Waals surface area contributed by atoms with Crippen LogP contribution in [0.25, 0.3) is 0 Å². The summed E-state index contributed by atoms with van der Waals surface area (Å²) in [5.74, 6) is 0.568. The van der Waals surface area contributed by atoms with Crippen molar-refractivity contribution in [3.63, 3.8) is 0 Å². The number of carbonyl (C=O) groups excluding carboxylic acids is 2. The van der Waals surface area contributed by atoms with Crippen LogP contribution in [0.5, 0.6) is 0 Å². The maximum Gasteiger partial charge on any atom is 0.251 e. The van der Waals surface area contributed by atoms with Crippen LogP contribution in [0.4, 0.5) is 0 Å². The first kappa shape index (κ1) is 21.1. The number of nitrogens with zero attached hydrogens (tertiary/aromatic N) is 2. The predicted molar refractivity (Wildman–Crippen MR) is 116 cm³/mol. The van der Waals surface area contributed by atoms with Crippen molar-refractivity contribution in [3.8, 4) is 0 Å². The highest BCUT2D eigenvalue weighted by Crippen LogP contribution is 2.19. The maximum absolute atomic E-state index is 13.0. The third kappa shape index (κ3) is 6.16. The number of hydrogen-bond donors (Lipinski definition) is 1. The average Bonchev–Trinajstić information content (AvgIpc) is 2.74. The fourth-order valence-electron chi connectivity index (χ4n) is 3.77. The van der Waals surface area contributed by atoms with Crippen LogP contribution in [0.2, 0.25) is 0 Å². The Morgan fingerprint density at radius 3 is 2.07 bits per heavy atom. The van der Waals surface area contributed by atoms with Crippen molar-refractivity contribution < 1.29 is 9.59 Å². The van der Waals surface area contributed by atoms with Gasteiger partial charge < -0.3 is 10.2 Å². The molecule has 0 aromatic heterocycles. The number of benzene rings is 2. The van der Waals surface area contributed by atoms with Gasteiger partial charge in [-0.25, -0.2) is 0 Å². The molecule has 154 valence electrons. The molecule has 3 rings (SSSR count). The molecule has 5 heteroatoms. The summed E-state index contributed by atoms with van der Waals surface area (Å²) in [5, 5.41) is 3.06. The van der Waals surface area contributed by atoms with E-state index in [1.165, 1.54) is 0 Å².